The molecule has 1 atom stereocenters. The van der Waals surface area contributed by atoms with Crippen LogP contribution < -0.4 is 0 Å². The number of nitrogens with zero attached hydrogens (tertiary/aromatic N) is 2. The molecule has 2 fully saturated rings. The average Bonchev–Trinajstić information content (AvgIpc) is 3.01. The van der Waals surface area contributed by atoms with Crippen LogP contribution in [-0.4, -0.2) is 67.7 Å². The van der Waals surface area contributed by atoms with Crippen LogP contribution >= 0.6 is 0 Å². The summed E-state index contributed by atoms with van der Waals surface area (Å²) in [5, 5.41) is 0. The number of hydrogen-bond donors (Lipinski definition) is 0. The first kappa shape index (κ1) is 18.9. The van der Waals surface area contributed by atoms with Crippen molar-refractivity contribution in [1.82, 2.24) is 9.80 Å². The Morgan fingerprint density at radius 2 is 1.58 bits per heavy atom. The van der Waals surface area contributed by atoms with Crippen LogP contribution in [-0.2, 0) is 24.8 Å². The van der Waals surface area contributed by atoms with Gasteiger partial charge in [-0.1, -0.05) is 30.3 Å². The summed E-state index contributed by atoms with van der Waals surface area (Å²) in [6.45, 7) is 5.75. The minimum atomic E-state index is -3.07. The maximum absolute atomic E-state index is 13.0. The fourth-order valence-electron chi connectivity index (χ4n) is 3.75. The second kappa shape index (κ2) is 7.02. The summed E-state index contributed by atoms with van der Waals surface area (Å²) >= 11 is 0. The summed E-state index contributed by atoms with van der Waals surface area (Å²) in [7, 11) is -3.07. The van der Waals surface area contributed by atoms with Gasteiger partial charge in [0.25, 0.3) is 0 Å². The van der Waals surface area contributed by atoms with Gasteiger partial charge in [0.15, 0.2) is 9.84 Å². The van der Waals surface area contributed by atoms with E-state index in [9.17, 15) is 18.0 Å². The molecule has 6 nitrogen and oxygen atoms in total. The Kier molecular flexibility index (Phi) is 5.10. The Balaban J connectivity index is 1.60. The van der Waals surface area contributed by atoms with Gasteiger partial charge < -0.3 is 9.80 Å². The highest BCUT2D eigenvalue weighted by Crippen LogP contribution is 2.27. The molecule has 3 rings (SSSR count). The first-order valence-electron chi connectivity index (χ1n) is 9.05. The zero-order chi connectivity index (χ0) is 18.9. The fourth-order valence-corrected chi connectivity index (χ4v) is 5.48. The molecule has 2 saturated heterocycles. The van der Waals surface area contributed by atoms with Crippen LogP contribution in [0.25, 0.3) is 0 Å². The lowest BCUT2D eigenvalue weighted by Gasteiger charge is -2.39. The minimum Gasteiger partial charge on any atom is -0.339 e. The summed E-state index contributed by atoms with van der Waals surface area (Å²) in [5.41, 5.74) is 0.354. The molecule has 0 bridgehead atoms. The number of carbonyl (C=O) groups is 2. The molecule has 1 unspecified atom stereocenters. The predicted octanol–water partition coefficient (Wildman–Crippen LogP) is 1.07. The Bertz CT molecular complexity index is 781. The number of sulfone groups is 1. The number of rotatable bonds is 3. The molecule has 2 aliphatic rings. The number of amides is 2. The maximum Gasteiger partial charge on any atom is 0.232 e. The fraction of sp³-hybridized carbons (Fsp3) is 0.579. The van der Waals surface area contributed by atoms with E-state index >= 15 is 0 Å². The second-order valence-corrected chi connectivity index (χ2v) is 9.94. The van der Waals surface area contributed by atoms with Crippen molar-refractivity contribution >= 4 is 21.7 Å². The molecule has 1 aromatic carbocycles. The van der Waals surface area contributed by atoms with Gasteiger partial charge in [-0.3, -0.25) is 9.59 Å². The zero-order valence-corrected chi connectivity index (χ0v) is 16.2. The SMILES string of the molecule is CC(C)(C(=O)N1CCN(C(=O)C2CCS(=O)(=O)C2)CC1)c1ccccc1. The smallest absolute Gasteiger partial charge is 0.232 e. The number of carbonyl (C=O) groups excluding carboxylic acids is 2. The highest BCUT2D eigenvalue weighted by atomic mass is 32.2. The van der Waals surface area contributed by atoms with Crippen molar-refractivity contribution in [1.29, 1.82) is 0 Å². The molecule has 26 heavy (non-hydrogen) atoms. The van der Waals surface area contributed by atoms with Crippen LogP contribution in [0.1, 0.15) is 25.8 Å². The highest BCUT2D eigenvalue weighted by molar-refractivity contribution is 7.91. The van der Waals surface area contributed by atoms with Crippen LogP contribution in [0.5, 0.6) is 0 Å². The molecule has 2 amide bonds. The second-order valence-electron chi connectivity index (χ2n) is 7.71. The first-order valence-corrected chi connectivity index (χ1v) is 10.9. The molecule has 7 heteroatoms. The third-order valence-corrected chi connectivity index (χ3v) is 7.26. The predicted molar refractivity (Wildman–Crippen MR) is 99.4 cm³/mol. The Labute approximate surface area is 155 Å². The van der Waals surface area contributed by atoms with Gasteiger partial charge in [-0.25, -0.2) is 8.42 Å². The molecule has 0 saturated carbocycles. The molecular weight excluding hydrogens is 352 g/mol. The molecule has 0 aromatic heterocycles. The summed E-state index contributed by atoms with van der Waals surface area (Å²) in [6.07, 6.45) is 0.418. The summed E-state index contributed by atoms with van der Waals surface area (Å²) in [4.78, 5) is 29.0. The third-order valence-electron chi connectivity index (χ3n) is 5.49. The van der Waals surface area contributed by atoms with Crippen molar-refractivity contribution in [2.75, 3.05) is 37.7 Å². The first-order chi connectivity index (χ1) is 12.2. The lowest BCUT2D eigenvalue weighted by molar-refractivity contribution is -0.144. The summed E-state index contributed by atoms with van der Waals surface area (Å²) in [6, 6.07) is 9.70. The molecule has 1 aromatic rings. The molecular formula is C19H26N2O4S. The van der Waals surface area contributed by atoms with Gasteiger partial charge in [-0.15, -0.1) is 0 Å². The van der Waals surface area contributed by atoms with E-state index in [4.69, 9.17) is 0 Å². The van der Waals surface area contributed by atoms with Gasteiger partial charge in [-0.05, 0) is 25.8 Å². The van der Waals surface area contributed by atoms with Crippen LogP contribution in [0, 0.1) is 5.92 Å². The Morgan fingerprint density at radius 3 is 2.12 bits per heavy atom. The van der Waals surface area contributed by atoms with Gasteiger partial charge in [0.1, 0.15) is 0 Å². The summed E-state index contributed by atoms with van der Waals surface area (Å²) in [5.74, 6) is -0.373. The van der Waals surface area contributed by atoms with Crippen molar-refractivity contribution in [3.63, 3.8) is 0 Å². The minimum absolute atomic E-state index is 0.0357. The number of hydrogen-bond acceptors (Lipinski definition) is 4. The quantitative estimate of drug-likeness (QED) is 0.789. The van der Waals surface area contributed by atoms with Crippen LogP contribution in [0.2, 0.25) is 0 Å². The van der Waals surface area contributed by atoms with E-state index in [1.807, 2.05) is 49.1 Å². The van der Waals surface area contributed by atoms with Gasteiger partial charge in [0, 0.05) is 26.2 Å². The molecule has 0 radical (unpaired) electrons. The van der Waals surface area contributed by atoms with E-state index in [-0.39, 0.29) is 23.3 Å². The van der Waals surface area contributed by atoms with Gasteiger partial charge in [0.05, 0.1) is 22.8 Å². The van der Waals surface area contributed by atoms with Crippen molar-refractivity contribution in [2.45, 2.75) is 25.7 Å². The number of piperazine rings is 1. The van der Waals surface area contributed by atoms with E-state index in [1.165, 1.54) is 0 Å². The van der Waals surface area contributed by atoms with E-state index in [0.29, 0.717) is 32.6 Å². The molecule has 2 heterocycles. The Morgan fingerprint density at radius 1 is 1.00 bits per heavy atom. The zero-order valence-electron chi connectivity index (χ0n) is 15.3. The van der Waals surface area contributed by atoms with Crippen molar-refractivity contribution in [3.05, 3.63) is 35.9 Å². The van der Waals surface area contributed by atoms with Crippen LogP contribution in [0.4, 0.5) is 0 Å². The third kappa shape index (κ3) is 3.77. The topological polar surface area (TPSA) is 74.8 Å². The molecule has 2 aliphatic heterocycles. The van der Waals surface area contributed by atoms with Gasteiger partial charge >= 0.3 is 0 Å². The Hall–Kier alpha value is -1.89. The summed E-state index contributed by atoms with van der Waals surface area (Å²) < 4.78 is 23.2. The van der Waals surface area contributed by atoms with Crippen LogP contribution in [0.15, 0.2) is 30.3 Å². The lowest BCUT2D eigenvalue weighted by atomic mass is 9.83. The van der Waals surface area contributed by atoms with Crippen LogP contribution in [0.3, 0.4) is 0 Å². The van der Waals surface area contributed by atoms with E-state index in [0.717, 1.165) is 5.56 Å². The highest BCUT2D eigenvalue weighted by Gasteiger charge is 2.39. The van der Waals surface area contributed by atoms with E-state index in [2.05, 4.69) is 0 Å². The van der Waals surface area contributed by atoms with Gasteiger partial charge in [0.2, 0.25) is 11.8 Å². The molecule has 142 valence electrons. The largest absolute Gasteiger partial charge is 0.339 e. The standard InChI is InChI=1S/C19H26N2O4S/c1-19(2,16-6-4-3-5-7-16)18(23)21-11-9-20(10-12-21)17(22)15-8-13-26(24,25)14-15/h3-7,15H,8-14H2,1-2H3. The normalized spacial score (nSPS) is 23.1. The molecule has 0 N–H and O–H groups in total. The molecule has 0 aliphatic carbocycles. The molecule has 0 spiro atoms. The van der Waals surface area contributed by atoms with Gasteiger partial charge in [-0.2, -0.15) is 0 Å². The van der Waals surface area contributed by atoms with E-state index in [1.54, 1.807) is 4.90 Å². The lowest BCUT2D eigenvalue weighted by Crippen LogP contribution is -2.55. The average molecular weight is 378 g/mol. The van der Waals surface area contributed by atoms with E-state index < -0.39 is 21.2 Å². The van der Waals surface area contributed by atoms with Crippen molar-refractivity contribution in [3.8, 4) is 0 Å². The van der Waals surface area contributed by atoms with Crippen molar-refractivity contribution in [2.24, 2.45) is 5.92 Å². The monoisotopic (exact) mass is 378 g/mol. The maximum atomic E-state index is 13.0. The number of benzene rings is 1. The van der Waals surface area contributed by atoms with Crippen molar-refractivity contribution < 1.29 is 18.0 Å².